The van der Waals surface area contributed by atoms with Crippen LogP contribution in [0.3, 0.4) is 0 Å². The van der Waals surface area contributed by atoms with Gasteiger partial charge in [-0.2, -0.15) is 0 Å². The van der Waals surface area contributed by atoms with Gasteiger partial charge in [-0.3, -0.25) is 9.59 Å². The molecule has 5 N–H and O–H groups in total. The minimum absolute atomic E-state index is 0. The number of nitrogen functional groups attached to an aromatic ring is 1. The summed E-state index contributed by atoms with van der Waals surface area (Å²) in [6, 6.07) is -3.20. The van der Waals surface area contributed by atoms with Gasteiger partial charge in [0.25, 0.3) is 11.8 Å². The zero-order valence-corrected chi connectivity index (χ0v) is 22.2. The van der Waals surface area contributed by atoms with Gasteiger partial charge in [0.2, 0.25) is 0 Å². The Balaban J connectivity index is 0.00000480. The molecule has 1 aliphatic rings. The average Bonchev–Trinajstić information content (AvgIpc) is 3.04. The van der Waals surface area contributed by atoms with Crippen molar-refractivity contribution in [3.63, 3.8) is 0 Å². The summed E-state index contributed by atoms with van der Waals surface area (Å²) in [6.45, 7) is -1.83. The van der Waals surface area contributed by atoms with Crippen molar-refractivity contribution in [2.75, 3.05) is 18.9 Å². The smallest absolute Gasteiger partial charge is 0.731 e. The van der Waals surface area contributed by atoms with Crippen molar-refractivity contribution in [3.8, 4) is 0 Å². The molecule has 1 saturated heterocycles. The van der Waals surface area contributed by atoms with E-state index in [2.05, 4.69) is 25.0 Å². The molecule has 2 atom stereocenters. The van der Waals surface area contributed by atoms with E-state index >= 15 is 0 Å². The number of carboxylic acids is 1. The molecule has 32 heavy (non-hydrogen) atoms. The molecule has 2 heterocycles. The third kappa shape index (κ3) is 7.81. The van der Waals surface area contributed by atoms with Gasteiger partial charge < -0.3 is 40.8 Å². The zero-order valence-electron chi connectivity index (χ0n) is 16.5. The third-order valence-corrected chi connectivity index (χ3v) is 5.02. The number of hydrogen-bond donors (Lipinski definition) is 3. The number of amides is 3. The topological polar surface area (TPSA) is 260 Å². The molecule has 1 fully saturated rings. The summed E-state index contributed by atoms with van der Waals surface area (Å²) < 4.78 is 37.9. The van der Waals surface area contributed by atoms with Gasteiger partial charge in [-0.25, -0.2) is 22.5 Å². The quantitative estimate of drug-likeness (QED) is 0.0919. The van der Waals surface area contributed by atoms with Crippen LogP contribution < -0.4 is 81.0 Å². The van der Waals surface area contributed by atoms with Crippen molar-refractivity contribution in [3.05, 3.63) is 11.1 Å². The van der Waals surface area contributed by atoms with E-state index in [0.717, 1.165) is 11.3 Å². The first-order chi connectivity index (χ1) is 13.9. The molecule has 0 unspecified atom stereocenters. The Morgan fingerprint density at radius 2 is 1.97 bits per heavy atom. The summed E-state index contributed by atoms with van der Waals surface area (Å²) in [7, 11) is -5.28. The number of oxime groups is 1. The SMILES string of the molecule is NC(=O)OC[C@H]1[C@@H](NC(=O)/C(=N/OCC(=O)[O-])c2csc(N)n2)C(=O)N1S(=O)(=O)[O-].[Na+].[Na+]. The molecule has 3 amide bonds. The summed E-state index contributed by atoms with van der Waals surface area (Å²) in [5.41, 5.74) is 9.47. The molecule has 1 aromatic heterocycles. The van der Waals surface area contributed by atoms with Gasteiger partial charge >= 0.3 is 65.2 Å². The number of primary amides is 1. The van der Waals surface area contributed by atoms with E-state index in [-0.39, 0.29) is 74.2 Å². The van der Waals surface area contributed by atoms with Gasteiger partial charge in [-0.05, 0) is 0 Å². The number of β-lactam (4-membered cyclic amide) rings is 1. The molecule has 1 aliphatic heterocycles. The van der Waals surface area contributed by atoms with Crippen LogP contribution in [-0.2, 0) is 34.3 Å². The van der Waals surface area contributed by atoms with Crippen molar-refractivity contribution in [1.29, 1.82) is 0 Å². The number of rotatable bonds is 9. The fraction of sp³-hybridized carbons (Fsp3) is 0.333. The van der Waals surface area contributed by atoms with Gasteiger partial charge in [0.05, 0.1) is 5.97 Å². The van der Waals surface area contributed by atoms with E-state index in [9.17, 15) is 37.3 Å². The van der Waals surface area contributed by atoms with Crippen LogP contribution in [0.5, 0.6) is 0 Å². The van der Waals surface area contributed by atoms with Gasteiger partial charge in [-0.15, -0.1) is 11.3 Å². The van der Waals surface area contributed by atoms with Crippen molar-refractivity contribution in [2.45, 2.75) is 12.1 Å². The first-order valence-electron chi connectivity index (χ1n) is 7.55. The van der Waals surface area contributed by atoms with Crippen molar-refractivity contribution < 1.29 is 106 Å². The van der Waals surface area contributed by atoms with Crippen molar-refractivity contribution in [1.82, 2.24) is 14.6 Å². The number of carbonyl (C=O) groups excluding carboxylic acids is 4. The predicted molar refractivity (Wildman–Crippen MR) is 91.8 cm³/mol. The molecule has 16 nitrogen and oxygen atoms in total. The van der Waals surface area contributed by atoms with E-state index in [0.29, 0.717) is 0 Å². The molecule has 2 rings (SSSR count). The number of aliphatic carboxylic acids is 1. The molecule has 1 aromatic rings. The van der Waals surface area contributed by atoms with Crippen LogP contribution in [0.1, 0.15) is 5.69 Å². The summed E-state index contributed by atoms with van der Waals surface area (Å²) in [5, 5.41) is 17.1. The molecule has 0 radical (unpaired) electrons. The van der Waals surface area contributed by atoms with Crippen LogP contribution in [-0.4, -0.2) is 77.1 Å². The molecular formula is C12H12N6Na2O10S2. The molecule has 0 spiro atoms. The summed E-state index contributed by atoms with van der Waals surface area (Å²) >= 11 is 0.899. The minimum Gasteiger partial charge on any atom is -0.731 e. The zero-order chi connectivity index (χ0) is 22.6. The number of carbonyl (C=O) groups is 4. The number of anilines is 1. The van der Waals surface area contributed by atoms with Crippen LogP contribution in [0, 0.1) is 0 Å². The standard InChI is InChI=1S/C12H14N6O10S2.2Na/c13-11-15-4(3-29-11)7(17-28-2-6(19)20)9(21)16-8-5(1-27-12(14)23)18(10(8)22)30(24,25)26;;/h3,5,8H,1-2H2,(H2,13,15)(H2,14,23)(H,16,21)(H,19,20)(H,24,25,26);;/q;2*+1/p-2/b17-7+;;/t5-,8+;;/m0../s1. The molecule has 0 aliphatic carbocycles. The number of thiazole rings is 1. The second-order valence-electron chi connectivity index (χ2n) is 5.40. The minimum atomic E-state index is -5.28. The molecule has 20 heteroatoms. The van der Waals surface area contributed by atoms with Crippen LogP contribution in [0.25, 0.3) is 0 Å². The molecule has 0 aromatic carbocycles. The fourth-order valence-corrected chi connectivity index (χ4v) is 3.64. The summed E-state index contributed by atoms with van der Waals surface area (Å²) in [5.74, 6) is -4.13. The maximum atomic E-state index is 12.5. The Morgan fingerprint density at radius 3 is 2.44 bits per heavy atom. The maximum absolute atomic E-state index is 12.5. The Morgan fingerprint density at radius 1 is 1.34 bits per heavy atom. The largest absolute Gasteiger partial charge is 1.00 e. The Labute approximate surface area is 228 Å². The number of nitrogens with zero attached hydrogens (tertiary/aromatic N) is 3. The number of hydrogen-bond acceptors (Lipinski definition) is 14. The van der Waals surface area contributed by atoms with E-state index in [1.54, 1.807) is 0 Å². The third-order valence-electron chi connectivity index (χ3n) is 3.41. The number of carboxylic acid groups (broad SMARTS) is 1. The van der Waals surface area contributed by atoms with E-state index < -0.39 is 65.2 Å². The van der Waals surface area contributed by atoms with E-state index in [1.807, 2.05) is 0 Å². The second kappa shape index (κ2) is 12.7. The summed E-state index contributed by atoms with van der Waals surface area (Å²) in [4.78, 5) is 54.0. The Hall–Kier alpha value is -1.51. The van der Waals surface area contributed by atoms with Crippen molar-refractivity contribution >= 4 is 56.4 Å². The van der Waals surface area contributed by atoms with Crippen LogP contribution in [0.2, 0.25) is 0 Å². The van der Waals surface area contributed by atoms with Gasteiger partial charge in [0, 0.05) is 5.38 Å². The monoisotopic (exact) mass is 510 g/mol. The Bertz CT molecular complexity index is 1020. The van der Waals surface area contributed by atoms with Gasteiger partial charge in [0.15, 0.2) is 27.8 Å². The first kappa shape index (κ1) is 30.5. The molecule has 0 bridgehead atoms. The van der Waals surface area contributed by atoms with E-state index in [1.165, 1.54) is 5.38 Å². The normalized spacial score (nSPS) is 17.8. The second-order valence-corrected chi connectivity index (χ2v) is 7.54. The number of nitrogens with two attached hydrogens (primary N) is 2. The Kier molecular flexibility index (Phi) is 12.1. The fourth-order valence-electron chi connectivity index (χ4n) is 2.24. The van der Waals surface area contributed by atoms with Crippen LogP contribution >= 0.6 is 11.3 Å². The molecule has 0 saturated carbocycles. The van der Waals surface area contributed by atoms with Crippen LogP contribution in [0.15, 0.2) is 10.5 Å². The molecular weight excluding hydrogens is 498 g/mol. The number of ether oxygens (including phenoxy) is 1. The average molecular weight is 510 g/mol. The van der Waals surface area contributed by atoms with Crippen LogP contribution in [0.4, 0.5) is 9.93 Å². The number of aromatic nitrogens is 1. The number of nitrogens with one attached hydrogen (secondary N) is 1. The predicted octanol–water partition coefficient (Wildman–Crippen LogP) is -10.5. The summed E-state index contributed by atoms with van der Waals surface area (Å²) in [6.07, 6.45) is -1.32. The maximum Gasteiger partial charge on any atom is 1.00 e. The van der Waals surface area contributed by atoms with E-state index in [4.69, 9.17) is 11.5 Å². The molecule has 164 valence electrons. The van der Waals surface area contributed by atoms with Gasteiger partial charge in [-0.1, -0.05) is 5.16 Å². The van der Waals surface area contributed by atoms with Crippen molar-refractivity contribution in [2.24, 2.45) is 10.9 Å². The van der Waals surface area contributed by atoms with Gasteiger partial charge in [0.1, 0.15) is 24.4 Å². The first-order valence-corrected chi connectivity index (χ1v) is 9.79.